The number of hydrogen-bond acceptors (Lipinski definition) is 2. The molecule has 0 N–H and O–H groups in total. The Morgan fingerprint density at radius 3 is 3.08 bits per heavy atom. The van der Waals surface area contributed by atoms with Gasteiger partial charge in [0.1, 0.15) is 0 Å². The van der Waals surface area contributed by atoms with Crippen molar-refractivity contribution in [3.8, 4) is 0 Å². The summed E-state index contributed by atoms with van der Waals surface area (Å²) in [6.45, 7) is 1.29. The van der Waals surface area contributed by atoms with E-state index in [2.05, 4.69) is 15.0 Å². The van der Waals surface area contributed by atoms with Gasteiger partial charge in [0, 0.05) is 10.6 Å². The molecule has 13 heavy (non-hydrogen) atoms. The molecule has 0 radical (unpaired) electrons. The highest BCUT2D eigenvalue weighted by molar-refractivity contribution is 6.04. The molecule has 0 bridgehead atoms. The van der Waals surface area contributed by atoms with Gasteiger partial charge >= 0.3 is 0 Å². The molecule has 4 heteroatoms. The van der Waals surface area contributed by atoms with Crippen LogP contribution in [0.4, 0.5) is 0 Å². The fourth-order valence-corrected chi connectivity index (χ4v) is 2.02. The Morgan fingerprint density at radius 1 is 1.38 bits per heavy atom. The van der Waals surface area contributed by atoms with Crippen molar-refractivity contribution in [2.45, 2.75) is 25.7 Å². The molecular weight excluding hydrogens is 164 g/mol. The second-order valence-electron chi connectivity index (χ2n) is 3.44. The van der Waals surface area contributed by atoms with Gasteiger partial charge in [0.25, 0.3) is 0 Å². The summed E-state index contributed by atoms with van der Waals surface area (Å²) in [5.74, 6) is 0. The zero-order valence-corrected chi connectivity index (χ0v) is 7.53. The Balaban J connectivity index is 2.13. The minimum absolute atomic E-state index is 0.440. The second-order valence-corrected chi connectivity index (χ2v) is 3.44. The third-order valence-corrected chi connectivity index (χ3v) is 2.67. The third-order valence-electron chi connectivity index (χ3n) is 2.67. The maximum absolute atomic E-state index is 8.21. The van der Waals surface area contributed by atoms with Crippen LogP contribution in [0.1, 0.15) is 25.7 Å². The number of nitrogens with zero attached hydrogens (tertiary/aromatic N) is 4. The van der Waals surface area contributed by atoms with Gasteiger partial charge in [-0.3, -0.25) is 4.99 Å². The van der Waals surface area contributed by atoms with Crippen LogP contribution in [-0.2, 0) is 0 Å². The number of azide groups is 1. The van der Waals surface area contributed by atoms with Crippen LogP contribution in [0, 0.1) is 0 Å². The summed E-state index contributed by atoms with van der Waals surface area (Å²) in [7, 11) is 0. The van der Waals surface area contributed by atoms with Crippen molar-refractivity contribution in [3.63, 3.8) is 0 Å². The van der Waals surface area contributed by atoms with Crippen LogP contribution in [0.2, 0.25) is 0 Å². The summed E-state index contributed by atoms with van der Waals surface area (Å²) in [5.41, 5.74) is 12.1. The van der Waals surface area contributed by atoms with Gasteiger partial charge in [-0.1, -0.05) is 5.11 Å². The summed E-state index contributed by atoms with van der Waals surface area (Å²) in [6, 6.07) is 0. The van der Waals surface area contributed by atoms with E-state index in [1.165, 1.54) is 30.4 Å². The van der Waals surface area contributed by atoms with Gasteiger partial charge < -0.3 is 0 Å². The summed E-state index contributed by atoms with van der Waals surface area (Å²) >= 11 is 0. The average Bonchev–Trinajstić information content (AvgIpc) is 2.58. The fraction of sp³-hybridized carbons (Fsp3) is 0.667. The quantitative estimate of drug-likeness (QED) is 0.353. The monoisotopic (exact) mass is 176 g/mol. The molecule has 0 unspecified atom stereocenters. The summed E-state index contributed by atoms with van der Waals surface area (Å²) in [5, 5.41) is 3.56. The molecule has 2 rings (SSSR count). The van der Waals surface area contributed by atoms with Crippen molar-refractivity contribution in [1.29, 1.82) is 0 Å². The number of hydrogen-bond donors (Lipinski definition) is 0. The van der Waals surface area contributed by atoms with E-state index in [-0.39, 0.29) is 0 Å². The Labute approximate surface area is 77.0 Å². The topological polar surface area (TPSA) is 61.1 Å². The largest absolute Gasteiger partial charge is 0.285 e. The lowest BCUT2D eigenvalue weighted by Crippen LogP contribution is -2.07. The smallest absolute Gasteiger partial charge is 0.0682 e. The molecule has 0 aromatic rings. The average molecular weight is 176 g/mol. The lowest BCUT2D eigenvalue weighted by molar-refractivity contribution is 0.687. The first kappa shape index (κ1) is 8.32. The van der Waals surface area contributed by atoms with Gasteiger partial charge in [-0.05, 0) is 42.4 Å². The van der Waals surface area contributed by atoms with Crippen LogP contribution in [-0.4, -0.2) is 18.8 Å². The van der Waals surface area contributed by atoms with Crippen molar-refractivity contribution in [3.05, 3.63) is 21.6 Å². The van der Waals surface area contributed by atoms with Crippen LogP contribution >= 0.6 is 0 Å². The van der Waals surface area contributed by atoms with E-state index in [4.69, 9.17) is 5.53 Å². The first-order chi connectivity index (χ1) is 6.42. The third kappa shape index (κ3) is 1.58. The maximum Gasteiger partial charge on any atom is 0.0682 e. The molecule has 0 aromatic heterocycles. The SMILES string of the molecule is [N-]=[N+]=NCC1=NCC2=C1CCCC2. The second kappa shape index (κ2) is 3.62. The first-order valence-electron chi connectivity index (χ1n) is 4.67. The highest BCUT2D eigenvalue weighted by Crippen LogP contribution is 2.29. The molecule has 0 atom stereocenters. The van der Waals surface area contributed by atoms with Gasteiger partial charge in [-0.25, -0.2) is 0 Å². The van der Waals surface area contributed by atoms with Crippen LogP contribution < -0.4 is 0 Å². The Bertz CT molecular complexity index is 321. The molecule has 68 valence electrons. The van der Waals surface area contributed by atoms with Crippen molar-refractivity contribution in [1.82, 2.24) is 0 Å². The van der Waals surface area contributed by atoms with Gasteiger partial charge in [0.05, 0.1) is 13.1 Å². The lowest BCUT2D eigenvalue weighted by atomic mass is 9.91. The zero-order chi connectivity index (χ0) is 9.10. The summed E-state index contributed by atoms with van der Waals surface area (Å²) in [4.78, 5) is 7.15. The Morgan fingerprint density at radius 2 is 2.23 bits per heavy atom. The van der Waals surface area contributed by atoms with Gasteiger partial charge in [-0.15, -0.1) is 0 Å². The summed E-state index contributed by atoms with van der Waals surface area (Å²) in [6.07, 6.45) is 4.88. The minimum Gasteiger partial charge on any atom is -0.285 e. The van der Waals surface area contributed by atoms with E-state index in [0.717, 1.165) is 18.7 Å². The van der Waals surface area contributed by atoms with Crippen LogP contribution in [0.15, 0.2) is 21.3 Å². The van der Waals surface area contributed by atoms with E-state index < -0.39 is 0 Å². The van der Waals surface area contributed by atoms with Gasteiger partial charge in [-0.2, -0.15) is 0 Å². The number of aliphatic imine (C=N–C) groups is 1. The van der Waals surface area contributed by atoms with Gasteiger partial charge in [0.2, 0.25) is 0 Å². The van der Waals surface area contributed by atoms with Crippen molar-refractivity contribution in [2.75, 3.05) is 13.1 Å². The number of rotatable bonds is 2. The molecule has 0 saturated heterocycles. The van der Waals surface area contributed by atoms with Crippen LogP contribution in [0.5, 0.6) is 0 Å². The van der Waals surface area contributed by atoms with E-state index in [1.54, 1.807) is 0 Å². The predicted octanol–water partition coefficient (Wildman–Crippen LogP) is 2.62. The molecule has 0 saturated carbocycles. The highest BCUT2D eigenvalue weighted by Gasteiger charge is 2.20. The molecule has 0 aromatic carbocycles. The fourth-order valence-electron chi connectivity index (χ4n) is 2.02. The molecule has 1 aliphatic heterocycles. The van der Waals surface area contributed by atoms with Crippen LogP contribution in [0.3, 0.4) is 0 Å². The highest BCUT2D eigenvalue weighted by atomic mass is 15.1. The standard InChI is InChI=1S/C9H12N4/c10-13-12-6-9-8-4-2-1-3-7(8)5-11-9/h1-6H2. The molecule has 2 aliphatic rings. The van der Waals surface area contributed by atoms with E-state index >= 15 is 0 Å². The van der Waals surface area contributed by atoms with Crippen LogP contribution in [0.25, 0.3) is 10.4 Å². The first-order valence-corrected chi connectivity index (χ1v) is 4.67. The maximum atomic E-state index is 8.21. The minimum atomic E-state index is 0.440. The van der Waals surface area contributed by atoms with Crippen molar-refractivity contribution < 1.29 is 0 Å². The molecule has 4 nitrogen and oxygen atoms in total. The molecule has 1 aliphatic carbocycles. The predicted molar refractivity (Wildman–Crippen MR) is 51.8 cm³/mol. The molecule has 1 heterocycles. The van der Waals surface area contributed by atoms with E-state index in [0.29, 0.717) is 6.54 Å². The van der Waals surface area contributed by atoms with E-state index in [1.807, 2.05) is 0 Å². The van der Waals surface area contributed by atoms with Crippen molar-refractivity contribution >= 4 is 5.71 Å². The normalized spacial score (nSPS) is 20.8. The molecule has 0 amide bonds. The molecule has 0 spiro atoms. The van der Waals surface area contributed by atoms with Gasteiger partial charge in [0.15, 0.2) is 0 Å². The Kier molecular flexibility index (Phi) is 2.32. The lowest BCUT2D eigenvalue weighted by Gasteiger charge is -2.13. The Hall–Kier alpha value is -1.28. The van der Waals surface area contributed by atoms with Crippen molar-refractivity contribution in [2.24, 2.45) is 10.1 Å². The molecule has 0 fully saturated rings. The summed E-state index contributed by atoms with van der Waals surface area (Å²) < 4.78 is 0. The molecular formula is C9H12N4. The zero-order valence-electron chi connectivity index (χ0n) is 7.53. The van der Waals surface area contributed by atoms with E-state index in [9.17, 15) is 0 Å².